The number of cyclic esters (lactones) is 1. The summed E-state index contributed by atoms with van der Waals surface area (Å²) in [5, 5.41) is 9.36. The summed E-state index contributed by atoms with van der Waals surface area (Å²) >= 11 is 0. The Balaban J connectivity index is 2.17. The number of carbonyl (C=O) groups excluding carboxylic acids is 1. The van der Waals surface area contributed by atoms with Gasteiger partial charge in [-0.15, -0.1) is 0 Å². The predicted molar refractivity (Wildman–Crippen MR) is 95.4 cm³/mol. The average Bonchev–Trinajstić information content (AvgIpc) is 2.62. The quantitative estimate of drug-likeness (QED) is 0.672. The number of carboxylic acids is 1. The highest BCUT2D eigenvalue weighted by Crippen LogP contribution is 2.36. The zero-order chi connectivity index (χ0) is 17.8. The second-order valence-corrected chi connectivity index (χ2v) is 5.79. The zero-order valence-electron chi connectivity index (χ0n) is 13.8. The minimum atomic E-state index is -0.986. The molecule has 0 radical (unpaired) electrons. The lowest BCUT2D eigenvalue weighted by atomic mass is 9.84. The molecule has 2 atom stereocenters. The summed E-state index contributed by atoms with van der Waals surface area (Å²) in [6, 6.07) is 14.8. The van der Waals surface area contributed by atoms with Crippen LogP contribution in [0.15, 0.2) is 72.8 Å². The second-order valence-electron chi connectivity index (χ2n) is 5.79. The molecule has 4 nitrogen and oxygen atoms in total. The number of hydrogen-bond donors (Lipinski definition) is 1. The second kappa shape index (κ2) is 7.18. The van der Waals surface area contributed by atoms with Crippen LogP contribution in [0, 0.1) is 0 Å². The number of hydrogen-bond acceptors (Lipinski definition) is 3. The van der Waals surface area contributed by atoms with Crippen LogP contribution in [0.5, 0.6) is 0 Å². The van der Waals surface area contributed by atoms with Gasteiger partial charge in [0.2, 0.25) is 0 Å². The zero-order valence-corrected chi connectivity index (χ0v) is 13.8. The monoisotopic (exact) mass is 334 g/mol. The maximum Gasteiger partial charge on any atom is 0.335 e. The first-order valence-corrected chi connectivity index (χ1v) is 8.04. The van der Waals surface area contributed by atoms with Gasteiger partial charge in [0, 0.05) is 12.0 Å². The minimum Gasteiger partial charge on any atom is -0.478 e. The Morgan fingerprint density at radius 1 is 1.16 bits per heavy atom. The molecule has 0 bridgehead atoms. The van der Waals surface area contributed by atoms with Crippen molar-refractivity contribution in [1.29, 1.82) is 0 Å². The van der Waals surface area contributed by atoms with Gasteiger partial charge >= 0.3 is 11.9 Å². The highest BCUT2D eigenvalue weighted by atomic mass is 16.5. The van der Waals surface area contributed by atoms with Crippen molar-refractivity contribution in [3.05, 3.63) is 84.0 Å². The summed E-state index contributed by atoms with van der Waals surface area (Å²) in [5.41, 5.74) is 2.93. The SMILES string of the molecule is C/C=C/[C@@H]1OC(=O)C=C[C@@H]1c1cc(C(=O)O)ccc1-c1ccccc1. The molecule has 2 aromatic rings. The highest BCUT2D eigenvalue weighted by molar-refractivity contribution is 5.89. The summed E-state index contributed by atoms with van der Waals surface area (Å²) in [7, 11) is 0. The normalized spacial score (nSPS) is 19.8. The summed E-state index contributed by atoms with van der Waals surface area (Å²) in [5.74, 6) is -1.63. The van der Waals surface area contributed by atoms with Crippen molar-refractivity contribution < 1.29 is 19.4 Å². The standard InChI is InChI=1S/C21H18O4/c1-2-6-19-17(11-12-20(22)25-19)18-13-15(21(23)24)9-10-16(18)14-7-4-3-5-8-14/h2-13,17,19H,1H3,(H,23,24)/b6-2+/t17-,19+/m1/s1. The lowest BCUT2D eigenvalue weighted by molar-refractivity contribution is -0.142. The van der Waals surface area contributed by atoms with Gasteiger partial charge in [-0.25, -0.2) is 9.59 Å². The number of carbonyl (C=O) groups is 2. The van der Waals surface area contributed by atoms with Crippen LogP contribution >= 0.6 is 0 Å². The first kappa shape index (κ1) is 16.7. The van der Waals surface area contributed by atoms with Gasteiger partial charge in [-0.2, -0.15) is 0 Å². The van der Waals surface area contributed by atoms with Crippen molar-refractivity contribution in [2.75, 3.05) is 0 Å². The molecule has 0 unspecified atom stereocenters. The molecule has 25 heavy (non-hydrogen) atoms. The van der Waals surface area contributed by atoms with Gasteiger partial charge in [0.15, 0.2) is 0 Å². The summed E-state index contributed by atoms with van der Waals surface area (Å²) < 4.78 is 5.43. The number of rotatable bonds is 4. The summed E-state index contributed by atoms with van der Waals surface area (Å²) in [6.07, 6.45) is 6.35. The number of aromatic carboxylic acids is 1. The van der Waals surface area contributed by atoms with Crippen LogP contribution in [0.4, 0.5) is 0 Å². The van der Waals surface area contributed by atoms with Crippen LogP contribution in [-0.2, 0) is 9.53 Å². The van der Waals surface area contributed by atoms with E-state index in [4.69, 9.17) is 4.74 Å². The van der Waals surface area contributed by atoms with Gasteiger partial charge in [-0.3, -0.25) is 0 Å². The Morgan fingerprint density at radius 3 is 2.60 bits per heavy atom. The average molecular weight is 334 g/mol. The fourth-order valence-electron chi connectivity index (χ4n) is 3.02. The maximum atomic E-state index is 11.6. The molecule has 0 aromatic heterocycles. The van der Waals surface area contributed by atoms with Crippen molar-refractivity contribution in [3.8, 4) is 11.1 Å². The molecule has 0 aliphatic carbocycles. The highest BCUT2D eigenvalue weighted by Gasteiger charge is 2.28. The van der Waals surface area contributed by atoms with Crippen LogP contribution in [-0.4, -0.2) is 23.1 Å². The van der Waals surface area contributed by atoms with Gasteiger partial charge in [0.25, 0.3) is 0 Å². The molecule has 1 N–H and O–H groups in total. The Hall–Kier alpha value is -3.14. The Morgan fingerprint density at radius 2 is 1.92 bits per heavy atom. The third-order valence-electron chi connectivity index (χ3n) is 4.17. The Bertz CT molecular complexity index is 849. The molecule has 2 aromatic carbocycles. The lowest BCUT2D eigenvalue weighted by Gasteiger charge is -2.27. The fraction of sp³-hybridized carbons (Fsp3) is 0.143. The van der Waals surface area contributed by atoms with E-state index in [1.54, 1.807) is 18.2 Å². The molecule has 0 spiro atoms. The first-order chi connectivity index (χ1) is 12.1. The van der Waals surface area contributed by atoms with E-state index in [1.165, 1.54) is 6.08 Å². The van der Waals surface area contributed by atoms with Crippen LogP contribution in [0.2, 0.25) is 0 Å². The van der Waals surface area contributed by atoms with E-state index in [2.05, 4.69) is 0 Å². The van der Waals surface area contributed by atoms with E-state index in [0.717, 1.165) is 16.7 Å². The van der Waals surface area contributed by atoms with Crippen molar-refractivity contribution in [3.63, 3.8) is 0 Å². The molecular formula is C21H18O4. The number of allylic oxidation sites excluding steroid dienone is 1. The van der Waals surface area contributed by atoms with E-state index in [1.807, 2.05) is 55.5 Å². The van der Waals surface area contributed by atoms with Crippen molar-refractivity contribution in [2.45, 2.75) is 18.9 Å². The number of benzene rings is 2. The largest absolute Gasteiger partial charge is 0.478 e. The fourth-order valence-corrected chi connectivity index (χ4v) is 3.02. The topological polar surface area (TPSA) is 63.6 Å². The maximum absolute atomic E-state index is 11.6. The van der Waals surface area contributed by atoms with E-state index < -0.39 is 18.0 Å². The van der Waals surface area contributed by atoms with Crippen molar-refractivity contribution in [2.24, 2.45) is 0 Å². The van der Waals surface area contributed by atoms with Gasteiger partial charge in [-0.05, 0) is 41.8 Å². The predicted octanol–water partition coefficient (Wildman–Crippen LogP) is 4.19. The molecular weight excluding hydrogens is 316 g/mol. The Labute approximate surface area is 146 Å². The molecule has 0 saturated heterocycles. The molecule has 0 fully saturated rings. The van der Waals surface area contributed by atoms with Crippen LogP contribution < -0.4 is 0 Å². The summed E-state index contributed by atoms with van der Waals surface area (Å²) in [4.78, 5) is 23.0. The molecule has 1 heterocycles. The van der Waals surface area contributed by atoms with Crippen LogP contribution in [0.3, 0.4) is 0 Å². The minimum absolute atomic E-state index is 0.208. The van der Waals surface area contributed by atoms with Gasteiger partial charge in [0.05, 0.1) is 5.56 Å². The van der Waals surface area contributed by atoms with Crippen molar-refractivity contribution in [1.82, 2.24) is 0 Å². The third kappa shape index (κ3) is 3.53. The number of esters is 1. The van der Waals surface area contributed by atoms with E-state index in [9.17, 15) is 14.7 Å². The van der Waals surface area contributed by atoms with Crippen LogP contribution in [0.25, 0.3) is 11.1 Å². The smallest absolute Gasteiger partial charge is 0.335 e. The molecule has 0 saturated carbocycles. The molecule has 0 amide bonds. The number of ether oxygens (including phenoxy) is 1. The third-order valence-corrected chi connectivity index (χ3v) is 4.17. The van der Waals surface area contributed by atoms with Gasteiger partial charge in [-0.1, -0.05) is 48.6 Å². The van der Waals surface area contributed by atoms with Gasteiger partial charge < -0.3 is 9.84 Å². The molecule has 1 aliphatic rings. The van der Waals surface area contributed by atoms with E-state index in [-0.39, 0.29) is 11.5 Å². The summed E-state index contributed by atoms with van der Waals surface area (Å²) in [6.45, 7) is 1.86. The molecule has 126 valence electrons. The Kier molecular flexibility index (Phi) is 4.80. The van der Waals surface area contributed by atoms with Gasteiger partial charge in [0.1, 0.15) is 6.10 Å². The number of carboxylic acid groups (broad SMARTS) is 1. The van der Waals surface area contributed by atoms with E-state index in [0.29, 0.717) is 0 Å². The molecule has 1 aliphatic heterocycles. The molecule has 4 heteroatoms. The van der Waals surface area contributed by atoms with E-state index >= 15 is 0 Å². The molecule has 3 rings (SSSR count). The van der Waals surface area contributed by atoms with Crippen LogP contribution in [0.1, 0.15) is 28.8 Å². The van der Waals surface area contributed by atoms with Crippen molar-refractivity contribution >= 4 is 11.9 Å². The first-order valence-electron chi connectivity index (χ1n) is 8.04. The lowest BCUT2D eigenvalue weighted by Crippen LogP contribution is -2.26.